The first-order chi connectivity index (χ1) is 9.35. The lowest BCUT2D eigenvalue weighted by Gasteiger charge is -2.21. The number of nitrogens with one attached hydrogen (secondary N) is 1. The van der Waals surface area contributed by atoms with Crippen LogP contribution in [0.5, 0.6) is 5.75 Å². The highest BCUT2D eigenvalue weighted by atomic mass is 16.5. The minimum absolute atomic E-state index is 0.278. The number of hydrogen-bond acceptors (Lipinski definition) is 3. The van der Waals surface area contributed by atoms with E-state index in [2.05, 4.69) is 11.4 Å². The number of nitriles is 1. The van der Waals surface area contributed by atoms with Crippen LogP contribution in [0, 0.1) is 11.3 Å². The summed E-state index contributed by atoms with van der Waals surface area (Å²) in [4.78, 5) is 0. The van der Waals surface area contributed by atoms with Gasteiger partial charge in [0.05, 0.1) is 13.2 Å². The van der Waals surface area contributed by atoms with Crippen molar-refractivity contribution in [1.82, 2.24) is 5.32 Å². The number of benzene rings is 1. The van der Waals surface area contributed by atoms with E-state index in [0.29, 0.717) is 6.04 Å². The monoisotopic (exact) mass is 258 g/mol. The quantitative estimate of drug-likeness (QED) is 0.840. The molecule has 0 amide bonds. The van der Waals surface area contributed by atoms with Gasteiger partial charge in [0.2, 0.25) is 0 Å². The van der Waals surface area contributed by atoms with Crippen LogP contribution in [0.15, 0.2) is 24.3 Å². The molecule has 3 heteroatoms. The van der Waals surface area contributed by atoms with E-state index in [9.17, 15) is 5.26 Å². The number of ether oxygens (including phenoxy) is 1. The van der Waals surface area contributed by atoms with Crippen molar-refractivity contribution in [3.05, 3.63) is 29.8 Å². The zero-order valence-corrected chi connectivity index (χ0v) is 11.6. The van der Waals surface area contributed by atoms with E-state index in [-0.39, 0.29) is 6.04 Å². The van der Waals surface area contributed by atoms with Crippen LogP contribution >= 0.6 is 0 Å². The highest BCUT2D eigenvalue weighted by molar-refractivity contribution is 5.38. The summed E-state index contributed by atoms with van der Waals surface area (Å²) >= 11 is 0. The van der Waals surface area contributed by atoms with Gasteiger partial charge in [0.25, 0.3) is 0 Å². The Hall–Kier alpha value is -1.53. The van der Waals surface area contributed by atoms with Gasteiger partial charge in [0.1, 0.15) is 11.8 Å². The number of methoxy groups -OCH3 is 1. The molecule has 1 aromatic rings. The van der Waals surface area contributed by atoms with Crippen LogP contribution in [-0.4, -0.2) is 13.2 Å². The van der Waals surface area contributed by atoms with Gasteiger partial charge >= 0.3 is 0 Å². The van der Waals surface area contributed by atoms with Crippen molar-refractivity contribution in [3.8, 4) is 11.8 Å². The van der Waals surface area contributed by atoms with E-state index in [1.807, 2.05) is 24.3 Å². The van der Waals surface area contributed by atoms with Crippen molar-refractivity contribution in [3.63, 3.8) is 0 Å². The molecule has 3 nitrogen and oxygen atoms in total. The number of para-hydroxylation sites is 1. The summed E-state index contributed by atoms with van der Waals surface area (Å²) in [5, 5.41) is 12.9. The first kappa shape index (κ1) is 13.9. The van der Waals surface area contributed by atoms with Crippen LogP contribution < -0.4 is 10.1 Å². The lowest BCUT2D eigenvalue weighted by molar-refractivity contribution is 0.393. The molecule has 0 aliphatic heterocycles. The van der Waals surface area contributed by atoms with Crippen LogP contribution in [0.25, 0.3) is 0 Å². The maximum Gasteiger partial charge on any atom is 0.125 e. The normalized spacial score (nSPS) is 18.3. The molecule has 1 aliphatic carbocycles. The van der Waals surface area contributed by atoms with Gasteiger partial charge < -0.3 is 4.74 Å². The van der Waals surface area contributed by atoms with Crippen molar-refractivity contribution in [1.29, 1.82) is 5.26 Å². The van der Waals surface area contributed by atoms with Crippen LogP contribution in [-0.2, 0) is 0 Å². The number of nitrogens with zero attached hydrogens (tertiary/aromatic N) is 1. The largest absolute Gasteiger partial charge is 0.496 e. The molecule has 1 saturated carbocycles. The Balaban J connectivity index is 2.09. The fourth-order valence-electron chi connectivity index (χ4n) is 2.78. The van der Waals surface area contributed by atoms with Crippen molar-refractivity contribution < 1.29 is 4.74 Å². The average molecular weight is 258 g/mol. The van der Waals surface area contributed by atoms with Crippen molar-refractivity contribution in [2.75, 3.05) is 7.11 Å². The van der Waals surface area contributed by atoms with Crippen LogP contribution in [0.3, 0.4) is 0 Å². The summed E-state index contributed by atoms with van der Waals surface area (Å²) in [6.45, 7) is 0. The van der Waals surface area contributed by atoms with Gasteiger partial charge in [-0.15, -0.1) is 0 Å². The van der Waals surface area contributed by atoms with E-state index in [1.54, 1.807) is 7.11 Å². The van der Waals surface area contributed by atoms with Gasteiger partial charge in [-0.25, -0.2) is 0 Å². The average Bonchev–Trinajstić information content (AvgIpc) is 2.73. The predicted molar refractivity (Wildman–Crippen MR) is 76.0 cm³/mol. The van der Waals surface area contributed by atoms with Gasteiger partial charge in [0.15, 0.2) is 0 Å². The molecule has 19 heavy (non-hydrogen) atoms. The Bertz CT molecular complexity index is 431. The molecule has 0 heterocycles. The topological polar surface area (TPSA) is 45.0 Å². The fourth-order valence-corrected chi connectivity index (χ4v) is 2.78. The SMILES string of the molecule is COc1ccccc1C(C#N)NC1CCCCCC1. The Morgan fingerprint density at radius 2 is 1.89 bits per heavy atom. The zero-order chi connectivity index (χ0) is 13.5. The summed E-state index contributed by atoms with van der Waals surface area (Å²) < 4.78 is 5.35. The van der Waals surface area contributed by atoms with Crippen LogP contribution in [0.4, 0.5) is 0 Å². The van der Waals surface area contributed by atoms with Crippen molar-refractivity contribution in [2.24, 2.45) is 0 Å². The molecule has 2 rings (SSSR count). The third kappa shape index (κ3) is 3.71. The van der Waals surface area contributed by atoms with Crippen molar-refractivity contribution >= 4 is 0 Å². The summed E-state index contributed by atoms with van der Waals surface area (Å²) in [6, 6.07) is 10.3. The molecule has 0 saturated heterocycles. The Kier molecular flexibility index (Phi) is 5.23. The Morgan fingerprint density at radius 1 is 1.21 bits per heavy atom. The summed E-state index contributed by atoms with van der Waals surface area (Å²) in [6.07, 6.45) is 7.53. The third-order valence-electron chi connectivity index (χ3n) is 3.84. The molecule has 1 fully saturated rings. The maximum absolute atomic E-state index is 9.43. The smallest absolute Gasteiger partial charge is 0.125 e. The molecule has 1 unspecified atom stereocenters. The summed E-state index contributed by atoms with van der Waals surface area (Å²) in [5.74, 6) is 0.787. The van der Waals surface area contributed by atoms with E-state index >= 15 is 0 Å². The lowest BCUT2D eigenvalue weighted by Crippen LogP contribution is -2.32. The molecule has 0 spiro atoms. The molecule has 0 aromatic heterocycles. The van der Waals surface area contributed by atoms with Gasteiger partial charge in [-0.3, -0.25) is 5.32 Å². The summed E-state index contributed by atoms with van der Waals surface area (Å²) in [5.41, 5.74) is 0.941. The predicted octanol–water partition coefficient (Wildman–Crippen LogP) is 3.57. The van der Waals surface area contributed by atoms with E-state index in [1.165, 1.54) is 38.5 Å². The van der Waals surface area contributed by atoms with E-state index < -0.39 is 0 Å². The second kappa shape index (κ2) is 7.16. The van der Waals surface area contributed by atoms with Gasteiger partial charge in [-0.2, -0.15) is 5.26 Å². The molecule has 1 atom stereocenters. The minimum Gasteiger partial charge on any atom is -0.496 e. The molecular weight excluding hydrogens is 236 g/mol. The standard InChI is InChI=1S/C16H22N2O/c1-19-16-11-7-6-10-14(16)15(12-17)18-13-8-4-2-3-5-9-13/h6-7,10-11,13,15,18H,2-5,8-9H2,1H3. The minimum atomic E-state index is -0.278. The third-order valence-corrected chi connectivity index (χ3v) is 3.84. The second-order valence-corrected chi connectivity index (χ2v) is 5.16. The van der Waals surface area contributed by atoms with Gasteiger partial charge in [0, 0.05) is 11.6 Å². The molecule has 1 aromatic carbocycles. The molecule has 0 bridgehead atoms. The van der Waals surface area contributed by atoms with Crippen LogP contribution in [0.2, 0.25) is 0 Å². The van der Waals surface area contributed by atoms with Crippen molar-refractivity contribution in [2.45, 2.75) is 50.6 Å². The number of rotatable bonds is 4. The van der Waals surface area contributed by atoms with E-state index in [0.717, 1.165) is 11.3 Å². The second-order valence-electron chi connectivity index (χ2n) is 5.16. The van der Waals surface area contributed by atoms with Gasteiger partial charge in [-0.05, 0) is 18.9 Å². The highest BCUT2D eigenvalue weighted by Gasteiger charge is 2.20. The molecule has 0 radical (unpaired) electrons. The van der Waals surface area contributed by atoms with Crippen LogP contribution in [0.1, 0.15) is 50.1 Å². The molecule has 1 aliphatic rings. The number of hydrogen-bond donors (Lipinski definition) is 1. The zero-order valence-electron chi connectivity index (χ0n) is 11.6. The van der Waals surface area contributed by atoms with Gasteiger partial charge in [-0.1, -0.05) is 43.9 Å². The Morgan fingerprint density at radius 3 is 2.53 bits per heavy atom. The fraction of sp³-hybridized carbons (Fsp3) is 0.562. The first-order valence-corrected chi connectivity index (χ1v) is 7.13. The highest BCUT2D eigenvalue weighted by Crippen LogP contribution is 2.26. The Labute approximate surface area is 115 Å². The molecule has 102 valence electrons. The summed E-state index contributed by atoms with van der Waals surface area (Å²) in [7, 11) is 1.65. The molecular formula is C16H22N2O. The molecule has 1 N–H and O–H groups in total. The lowest BCUT2D eigenvalue weighted by atomic mass is 10.0. The maximum atomic E-state index is 9.43. The van der Waals surface area contributed by atoms with E-state index in [4.69, 9.17) is 4.74 Å². The first-order valence-electron chi connectivity index (χ1n) is 7.13.